The molecule has 1 aromatic carbocycles. The summed E-state index contributed by atoms with van der Waals surface area (Å²) in [4.78, 5) is 14.3. The first-order valence-corrected chi connectivity index (χ1v) is 8.40. The van der Waals surface area contributed by atoms with E-state index in [9.17, 15) is 4.79 Å². The number of primary amides is 1. The largest absolute Gasteiger partial charge is 0.378 e. The molecule has 0 bridgehead atoms. The number of benzene rings is 1. The minimum Gasteiger partial charge on any atom is -0.378 e. The molecule has 3 atom stereocenters. The molecule has 2 N–H and O–H groups in total. The molecular formula is C19H28N2O. The zero-order valence-corrected chi connectivity index (χ0v) is 14.3. The van der Waals surface area contributed by atoms with Crippen molar-refractivity contribution in [2.45, 2.75) is 51.4 Å². The van der Waals surface area contributed by atoms with Crippen LogP contribution in [0.5, 0.6) is 0 Å². The van der Waals surface area contributed by atoms with Gasteiger partial charge in [0.05, 0.1) is 0 Å². The molecule has 0 saturated heterocycles. The van der Waals surface area contributed by atoms with Gasteiger partial charge in [0.2, 0.25) is 5.91 Å². The molecule has 0 aromatic heterocycles. The summed E-state index contributed by atoms with van der Waals surface area (Å²) in [5.41, 5.74) is 9.67. The van der Waals surface area contributed by atoms with E-state index in [1.807, 2.05) is 0 Å². The molecule has 1 fully saturated rings. The van der Waals surface area contributed by atoms with Crippen LogP contribution >= 0.6 is 0 Å². The summed E-state index contributed by atoms with van der Waals surface area (Å²) in [6.07, 6.45) is 5.31. The molecule has 3 nitrogen and oxygen atoms in total. The number of nitrogens with two attached hydrogens (primary N) is 1. The standard InChI is InChI=1S/C19H28N2O/c1-18-10-5-11-19(2,17(20)22)16(18)9-7-13-6-8-14(21(3)4)12-15(13)18/h6,8,12,16H,5,7,9-11H2,1-4H3,(H2,20,22). The number of fused-ring (bicyclic) bond motifs is 3. The van der Waals surface area contributed by atoms with E-state index in [0.717, 1.165) is 32.1 Å². The number of hydrogen-bond acceptors (Lipinski definition) is 2. The molecule has 1 aromatic rings. The summed E-state index contributed by atoms with van der Waals surface area (Å²) >= 11 is 0. The van der Waals surface area contributed by atoms with Crippen molar-refractivity contribution in [1.29, 1.82) is 0 Å². The van der Waals surface area contributed by atoms with Gasteiger partial charge in [0, 0.05) is 25.2 Å². The smallest absolute Gasteiger partial charge is 0.223 e. The fourth-order valence-electron chi connectivity index (χ4n) is 5.02. The summed E-state index contributed by atoms with van der Waals surface area (Å²) in [6.45, 7) is 4.45. The first-order chi connectivity index (χ1) is 10.3. The lowest BCUT2D eigenvalue weighted by Crippen LogP contribution is -2.54. The number of rotatable bonds is 2. The van der Waals surface area contributed by atoms with Gasteiger partial charge in [0.1, 0.15) is 0 Å². The summed E-state index contributed by atoms with van der Waals surface area (Å²) in [5, 5.41) is 0. The third kappa shape index (κ3) is 2.05. The second-order valence-corrected chi connectivity index (χ2v) is 7.88. The van der Waals surface area contributed by atoms with Crippen LogP contribution < -0.4 is 10.6 Å². The molecule has 22 heavy (non-hydrogen) atoms. The van der Waals surface area contributed by atoms with Crippen LogP contribution in [0.2, 0.25) is 0 Å². The van der Waals surface area contributed by atoms with E-state index >= 15 is 0 Å². The predicted octanol–water partition coefficient (Wildman–Crippen LogP) is 3.25. The second kappa shape index (κ2) is 5.00. The van der Waals surface area contributed by atoms with Crippen LogP contribution in [0, 0.1) is 11.3 Å². The number of nitrogens with zero attached hydrogens (tertiary/aromatic N) is 1. The zero-order chi connectivity index (χ0) is 16.1. The maximum Gasteiger partial charge on any atom is 0.223 e. The highest BCUT2D eigenvalue weighted by atomic mass is 16.1. The molecule has 3 rings (SSSR count). The van der Waals surface area contributed by atoms with Gasteiger partial charge in [-0.1, -0.05) is 26.3 Å². The van der Waals surface area contributed by atoms with Crippen molar-refractivity contribution in [3.63, 3.8) is 0 Å². The summed E-state index contributed by atoms with van der Waals surface area (Å²) in [6, 6.07) is 6.83. The van der Waals surface area contributed by atoms with Crippen molar-refractivity contribution in [2.75, 3.05) is 19.0 Å². The SMILES string of the molecule is CN(C)c1ccc2c(c1)C1(C)CCCC(C)(C(N)=O)C1CC2. The van der Waals surface area contributed by atoms with Gasteiger partial charge in [-0.3, -0.25) is 4.79 Å². The fourth-order valence-corrected chi connectivity index (χ4v) is 5.02. The summed E-state index contributed by atoms with van der Waals surface area (Å²) in [5.74, 6) is 0.242. The monoisotopic (exact) mass is 300 g/mol. The maximum absolute atomic E-state index is 12.2. The Bertz CT molecular complexity index is 609. The second-order valence-electron chi connectivity index (χ2n) is 7.88. The Hall–Kier alpha value is -1.51. The number of anilines is 1. The normalized spacial score (nSPS) is 33.7. The van der Waals surface area contributed by atoms with Crippen LogP contribution in [0.15, 0.2) is 18.2 Å². The first kappa shape index (κ1) is 15.4. The van der Waals surface area contributed by atoms with E-state index in [0.29, 0.717) is 5.92 Å². The van der Waals surface area contributed by atoms with E-state index < -0.39 is 0 Å². The highest BCUT2D eigenvalue weighted by molar-refractivity contribution is 5.81. The molecule has 0 spiro atoms. The zero-order valence-electron chi connectivity index (χ0n) is 14.3. The average Bonchev–Trinajstić information content (AvgIpc) is 2.46. The molecule has 0 radical (unpaired) electrons. The van der Waals surface area contributed by atoms with Crippen molar-refractivity contribution in [1.82, 2.24) is 0 Å². The molecule has 120 valence electrons. The molecule has 2 aliphatic carbocycles. The van der Waals surface area contributed by atoms with Gasteiger partial charge in [-0.2, -0.15) is 0 Å². The maximum atomic E-state index is 12.2. The molecule has 2 aliphatic rings. The fraction of sp³-hybridized carbons (Fsp3) is 0.632. The molecule has 0 aliphatic heterocycles. The lowest BCUT2D eigenvalue weighted by molar-refractivity contribution is -0.135. The lowest BCUT2D eigenvalue weighted by atomic mass is 9.49. The van der Waals surface area contributed by atoms with Gasteiger partial charge in [-0.05, 0) is 60.3 Å². The van der Waals surface area contributed by atoms with E-state index in [-0.39, 0.29) is 16.7 Å². The Kier molecular flexibility index (Phi) is 3.50. The van der Waals surface area contributed by atoms with Crippen LogP contribution in [-0.2, 0) is 16.6 Å². The van der Waals surface area contributed by atoms with Crippen LogP contribution in [0.25, 0.3) is 0 Å². The number of amides is 1. The van der Waals surface area contributed by atoms with Crippen molar-refractivity contribution >= 4 is 11.6 Å². The third-order valence-electron chi connectivity index (χ3n) is 6.42. The van der Waals surface area contributed by atoms with E-state index in [2.05, 4.69) is 51.0 Å². The van der Waals surface area contributed by atoms with Gasteiger partial charge in [0.25, 0.3) is 0 Å². The molecule has 3 heteroatoms. The molecule has 1 amide bonds. The van der Waals surface area contributed by atoms with Crippen LogP contribution in [0.3, 0.4) is 0 Å². The predicted molar refractivity (Wildman–Crippen MR) is 91.1 cm³/mol. The van der Waals surface area contributed by atoms with Crippen LogP contribution in [0.4, 0.5) is 5.69 Å². The molecule has 3 unspecified atom stereocenters. The summed E-state index contributed by atoms with van der Waals surface area (Å²) in [7, 11) is 4.16. The molecule has 1 saturated carbocycles. The quantitative estimate of drug-likeness (QED) is 0.911. The highest BCUT2D eigenvalue weighted by Gasteiger charge is 2.54. The van der Waals surface area contributed by atoms with E-state index in [4.69, 9.17) is 5.73 Å². The minimum atomic E-state index is -0.362. The Morgan fingerprint density at radius 2 is 2.00 bits per heavy atom. The number of carbonyl (C=O) groups excluding carboxylic acids is 1. The van der Waals surface area contributed by atoms with Gasteiger partial charge >= 0.3 is 0 Å². The lowest BCUT2D eigenvalue weighted by Gasteiger charge is -2.54. The van der Waals surface area contributed by atoms with E-state index in [1.165, 1.54) is 16.8 Å². The molecular weight excluding hydrogens is 272 g/mol. The van der Waals surface area contributed by atoms with Crippen molar-refractivity contribution < 1.29 is 4.79 Å². The topological polar surface area (TPSA) is 46.3 Å². The average molecular weight is 300 g/mol. The van der Waals surface area contributed by atoms with Crippen molar-refractivity contribution in [3.05, 3.63) is 29.3 Å². The Balaban J connectivity index is 2.12. The Labute approximate surface area is 133 Å². The summed E-state index contributed by atoms with van der Waals surface area (Å²) < 4.78 is 0. The number of aryl methyl sites for hydroxylation is 1. The van der Waals surface area contributed by atoms with Gasteiger partial charge < -0.3 is 10.6 Å². The Morgan fingerprint density at radius 3 is 2.64 bits per heavy atom. The van der Waals surface area contributed by atoms with E-state index in [1.54, 1.807) is 0 Å². The van der Waals surface area contributed by atoms with Crippen LogP contribution in [0.1, 0.15) is 50.7 Å². The van der Waals surface area contributed by atoms with Crippen molar-refractivity contribution in [3.8, 4) is 0 Å². The van der Waals surface area contributed by atoms with Crippen molar-refractivity contribution in [2.24, 2.45) is 17.1 Å². The minimum absolute atomic E-state index is 0.0711. The van der Waals surface area contributed by atoms with Gasteiger partial charge in [0.15, 0.2) is 0 Å². The third-order valence-corrected chi connectivity index (χ3v) is 6.42. The van der Waals surface area contributed by atoms with Gasteiger partial charge in [-0.15, -0.1) is 0 Å². The Morgan fingerprint density at radius 1 is 1.27 bits per heavy atom. The molecule has 0 heterocycles. The highest BCUT2D eigenvalue weighted by Crippen LogP contribution is 2.57. The van der Waals surface area contributed by atoms with Gasteiger partial charge in [-0.25, -0.2) is 0 Å². The number of hydrogen-bond donors (Lipinski definition) is 1. The number of carbonyl (C=O) groups is 1. The van der Waals surface area contributed by atoms with Crippen LogP contribution in [-0.4, -0.2) is 20.0 Å². The first-order valence-electron chi connectivity index (χ1n) is 8.40.